The van der Waals surface area contributed by atoms with E-state index < -0.39 is 0 Å². The van der Waals surface area contributed by atoms with Crippen molar-refractivity contribution >= 4 is 11.6 Å². The number of nitrogens with one attached hydrogen (secondary N) is 2. The Morgan fingerprint density at radius 3 is 2.31 bits per heavy atom. The van der Waals surface area contributed by atoms with Gasteiger partial charge in [-0.15, -0.1) is 0 Å². The molecule has 1 aromatic carbocycles. The number of hydrogen-bond acceptors (Lipinski definition) is 5. The van der Waals surface area contributed by atoms with Crippen LogP contribution in [0.3, 0.4) is 0 Å². The van der Waals surface area contributed by atoms with E-state index in [9.17, 15) is 9.59 Å². The Hall–Kier alpha value is -2.64. The van der Waals surface area contributed by atoms with E-state index in [2.05, 4.69) is 34.3 Å². The summed E-state index contributed by atoms with van der Waals surface area (Å²) >= 11 is 0. The van der Waals surface area contributed by atoms with Crippen molar-refractivity contribution < 1.29 is 14.3 Å². The molecule has 1 aromatic heterocycles. The summed E-state index contributed by atoms with van der Waals surface area (Å²) in [6.45, 7) is 12.1. The van der Waals surface area contributed by atoms with E-state index in [1.54, 1.807) is 0 Å². The zero-order valence-electron chi connectivity index (χ0n) is 21.5. The lowest BCUT2D eigenvalue weighted by atomic mass is 9.88. The largest absolute Gasteiger partial charge is 0.381 e. The average molecular weight is 482 g/mol. The smallest absolute Gasteiger partial charge is 0.253 e. The van der Waals surface area contributed by atoms with Crippen LogP contribution in [0.4, 0.5) is 5.69 Å². The highest BCUT2D eigenvalue weighted by Gasteiger charge is 2.26. The first kappa shape index (κ1) is 25.5. The third-order valence-corrected chi connectivity index (χ3v) is 7.54. The summed E-state index contributed by atoms with van der Waals surface area (Å²) in [5.41, 5.74) is 6.17. The van der Waals surface area contributed by atoms with Gasteiger partial charge in [0.1, 0.15) is 0 Å². The maximum absolute atomic E-state index is 13.5. The standard InChI is InChI=1S/C28H39N3O4/c1-5-31(23-8-12-35-13-9-23)26-16-22(21-6-10-34-11-7-21)15-24(20(26)4)27(32)29-17-25-18(2)14-19(3)30-28(25)33/h14-16,21,23H,5-13,17H2,1-4H3,(H,29,32)(H,30,33). The Morgan fingerprint density at radius 1 is 1.03 bits per heavy atom. The third-order valence-electron chi connectivity index (χ3n) is 7.54. The number of carbonyl (C=O) groups is 1. The summed E-state index contributed by atoms with van der Waals surface area (Å²) in [6, 6.07) is 6.71. The van der Waals surface area contributed by atoms with E-state index in [1.165, 1.54) is 5.56 Å². The summed E-state index contributed by atoms with van der Waals surface area (Å²) in [5.74, 6) is 0.241. The zero-order valence-corrected chi connectivity index (χ0v) is 21.5. The molecule has 3 heterocycles. The number of amides is 1. The highest BCUT2D eigenvalue weighted by atomic mass is 16.5. The molecular weight excluding hydrogens is 442 g/mol. The molecule has 35 heavy (non-hydrogen) atoms. The molecule has 0 spiro atoms. The summed E-state index contributed by atoms with van der Waals surface area (Å²) in [6.07, 6.45) is 3.91. The molecule has 2 aliphatic heterocycles. The lowest BCUT2D eigenvalue weighted by Crippen LogP contribution is -2.40. The summed E-state index contributed by atoms with van der Waals surface area (Å²) in [5, 5.41) is 3.03. The van der Waals surface area contributed by atoms with Gasteiger partial charge in [-0.05, 0) is 94.2 Å². The normalized spacial score (nSPS) is 17.4. The Labute approximate surface area is 208 Å². The van der Waals surface area contributed by atoms with E-state index in [1.807, 2.05) is 26.8 Å². The molecule has 0 aliphatic carbocycles. The molecule has 2 N–H and O–H groups in total. The predicted molar refractivity (Wildman–Crippen MR) is 139 cm³/mol. The van der Waals surface area contributed by atoms with Gasteiger partial charge in [-0.3, -0.25) is 9.59 Å². The van der Waals surface area contributed by atoms with Gasteiger partial charge < -0.3 is 24.7 Å². The lowest BCUT2D eigenvalue weighted by Gasteiger charge is -2.37. The van der Waals surface area contributed by atoms with E-state index >= 15 is 0 Å². The summed E-state index contributed by atoms with van der Waals surface area (Å²) in [4.78, 5) is 31.3. The van der Waals surface area contributed by atoms with Gasteiger partial charge >= 0.3 is 0 Å². The van der Waals surface area contributed by atoms with Crippen LogP contribution in [0.1, 0.15) is 76.8 Å². The number of nitrogens with zero attached hydrogens (tertiary/aromatic N) is 1. The molecule has 0 atom stereocenters. The van der Waals surface area contributed by atoms with Crippen LogP contribution in [0.25, 0.3) is 0 Å². The minimum absolute atomic E-state index is 0.139. The number of hydrogen-bond donors (Lipinski definition) is 2. The summed E-state index contributed by atoms with van der Waals surface area (Å²) < 4.78 is 11.2. The van der Waals surface area contributed by atoms with Gasteiger partial charge in [-0.2, -0.15) is 0 Å². The summed E-state index contributed by atoms with van der Waals surface area (Å²) in [7, 11) is 0. The van der Waals surface area contributed by atoms with Crippen molar-refractivity contribution in [2.45, 2.75) is 71.9 Å². The molecule has 2 saturated heterocycles. The van der Waals surface area contributed by atoms with E-state index in [0.717, 1.165) is 81.2 Å². The second kappa shape index (κ2) is 11.4. The van der Waals surface area contributed by atoms with E-state index in [-0.39, 0.29) is 18.0 Å². The van der Waals surface area contributed by atoms with Gasteiger partial charge in [0.15, 0.2) is 0 Å². The molecule has 7 heteroatoms. The van der Waals surface area contributed by atoms with Crippen LogP contribution >= 0.6 is 0 Å². The number of H-pyrrole nitrogens is 1. The molecule has 7 nitrogen and oxygen atoms in total. The second-order valence-electron chi connectivity index (χ2n) is 9.85. The average Bonchev–Trinajstić information content (AvgIpc) is 2.86. The van der Waals surface area contributed by atoms with Crippen molar-refractivity contribution in [2.75, 3.05) is 37.9 Å². The van der Waals surface area contributed by atoms with Gasteiger partial charge in [-0.1, -0.05) is 0 Å². The molecule has 4 rings (SSSR count). The first-order valence-corrected chi connectivity index (χ1v) is 12.9. The fourth-order valence-electron chi connectivity index (χ4n) is 5.51. The van der Waals surface area contributed by atoms with Crippen LogP contribution in [0, 0.1) is 20.8 Å². The number of aryl methyl sites for hydroxylation is 2. The SMILES string of the molecule is CCN(c1cc(C2CCOCC2)cc(C(=O)NCc2c(C)cc(C)[nH]c2=O)c1C)C1CCOCC1. The van der Waals surface area contributed by atoms with Crippen LogP contribution < -0.4 is 15.8 Å². The van der Waals surface area contributed by atoms with Gasteiger partial charge in [0, 0.05) is 68.1 Å². The molecule has 0 saturated carbocycles. The monoisotopic (exact) mass is 481 g/mol. The Kier molecular flexibility index (Phi) is 8.29. The molecule has 0 unspecified atom stereocenters. The van der Waals surface area contributed by atoms with Gasteiger partial charge in [0.25, 0.3) is 11.5 Å². The number of aromatic amines is 1. The van der Waals surface area contributed by atoms with Crippen LogP contribution in [0.2, 0.25) is 0 Å². The Bertz CT molecular complexity index is 1100. The fraction of sp³-hybridized carbons (Fsp3) is 0.571. The molecule has 2 aliphatic rings. The molecule has 190 valence electrons. The third kappa shape index (κ3) is 5.78. The number of aromatic nitrogens is 1. The maximum atomic E-state index is 13.5. The molecule has 2 fully saturated rings. The van der Waals surface area contributed by atoms with Crippen molar-refractivity contribution in [2.24, 2.45) is 0 Å². The zero-order chi connectivity index (χ0) is 24.9. The van der Waals surface area contributed by atoms with Crippen LogP contribution in [0.15, 0.2) is 23.0 Å². The topological polar surface area (TPSA) is 83.7 Å². The van der Waals surface area contributed by atoms with Crippen LogP contribution in [0.5, 0.6) is 0 Å². The minimum atomic E-state index is -0.146. The van der Waals surface area contributed by atoms with Gasteiger partial charge in [0.2, 0.25) is 0 Å². The first-order chi connectivity index (χ1) is 16.9. The molecule has 0 radical (unpaired) electrons. The van der Waals surface area contributed by atoms with Crippen LogP contribution in [-0.2, 0) is 16.0 Å². The van der Waals surface area contributed by atoms with Crippen LogP contribution in [-0.4, -0.2) is 49.9 Å². The minimum Gasteiger partial charge on any atom is -0.381 e. The molecular formula is C28H39N3O4. The molecule has 1 amide bonds. The van der Waals surface area contributed by atoms with Crippen molar-refractivity contribution in [3.63, 3.8) is 0 Å². The molecule has 2 aromatic rings. The van der Waals surface area contributed by atoms with E-state index in [4.69, 9.17) is 9.47 Å². The number of pyridine rings is 1. The second-order valence-corrected chi connectivity index (χ2v) is 9.85. The van der Waals surface area contributed by atoms with E-state index in [0.29, 0.717) is 23.1 Å². The molecule has 0 bridgehead atoms. The number of ether oxygens (including phenoxy) is 2. The number of carbonyl (C=O) groups excluding carboxylic acids is 1. The number of benzene rings is 1. The number of anilines is 1. The first-order valence-electron chi connectivity index (χ1n) is 12.9. The maximum Gasteiger partial charge on any atom is 0.253 e. The quantitative estimate of drug-likeness (QED) is 0.621. The van der Waals surface area contributed by atoms with Crippen molar-refractivity contribution in [3.05, 3.63) is 62.1 Å². The lowest BCUT2D eigenvalue weighted by molar-refractivity contribution is 0.0841. The van der Waals surface area contributed by atoms with Crippen molar-refractivity contribution in [1.82, 2.24) is 10.3 Å². The predicted octanol–water partition coefficient (Wildman–Crippen LogP) is 4.13. The Balaban J connectivity index is 1.67. The fourth-order valence-corrected chi connectivity index (χ4v) is 5.51. The van der Waals surface area contributed by atoms with Crippen molar-refractivity contribution in [1.29, 1.82) is 0 Å². The highest BCUT2D eigenvalue weighted by molar-refractivity contribution is 5.97. The highest BCUT2D eigenvalue weighted by Crippen LogP contribution is 2.35. The Morgan fingerprint density at radius 2 is 1.69 bits per heavy atom. The van der Waals surface area contributed by atoms with Gasteiger partial charge in [-0.25, -0.2) is 0 Å². The number of rotatable bonds is 7. The van der Waals surface area contributed by atoms with Crippen molar-refractivity contribution in [3.8, 4) is 0 Å². The van der Waals surface area contributed by atoms with Gasteiger partial charge in [0.05, 0.1) is 0 Å².